The van der Waals surface area contributed by atoms with Gasteiger partial charge in [-0.3, -0.25) is 0 Å². The van der Waals surface area contributed by atoms with Crippen molar-refractivity contribution in [1.29, 1.82) is 0 Å². The molecule has 2 aromatic heterocycles. The Morgan fingerprint density at radius 1 is 0.511 bits per heavy atom. The largest absolute Gasteiger partial charge is 0.435 e. The average Bonchev–Trinajstić information content (AvgIpc) is 3.70. The molecule has 4 heteroatoms. The smallest absolute Gasteiger partial charge is 0.227 e. The normalized spacial score (nSPS) is 11.6. The third-order valence-corrected chi connectivity index (χ3v) is 8.57. The van der Waals surface area contributed by atoms with Crippen LogP contribution in [0.4, 0.5) is 17.1 Å². The maximum Gasteiger partial charge on any atom is 0.227 e. The third kappa shape index (κ3) is 4.11. The molecule has 0 bridgehead atoms. The summed E-state index contributed by atoms with van der Waals surface area (Å²) < 4.78 is 9.00. The van der Waals surface area contributed by atoms with Crippen LogP contribution in [0, 0.1) is 0 Å². The number of fused-ring (bicyclic) bond motifs is 7. The summed E-state index contributed by atoms with van der Waals surface area (Å²) in [7, 11) is 0. The van der Waals surface area contributed by atoms with Crippen molar-refractivity contribution in [2.24, 2.45) is 0 Å². The summed E-state index contributed by atoms with van der Waals surface area (Å²) in [6, 6.07) is 57.2. The molecule has 0 aliphatic carbocycles. The van der Waals surface area contributed by atoms with Gasteiger partial charge < -0.3 is 13.9 Å². The number of para-hydroxylation sites is 3. The van der Waals surface area contributed by atoms with Crippen molar-refractivity contribution in [1.82, 2.24) is 9.55 Å². The average molecular weight is 578 g/mol. The van der Waals surface area contributed by atoms with Crippen LogP contribution in [-0.4, -0.2) is 9.55 Å². The zero-order valence-corrected chi connectivity index (χ0v) is 24.3. The van der Waals surface area contributed by atoms with E-state index in [0.29, 0.717) is 5.89 Å². The molecule has 0 radical (unpaired) electrons. The number of aromatic nitrogens is 2. The molecule has 0 spiro atoms. The van der Waals surface area contributed by atoms with E-state index in [-0.39, 0.29) is 0 Å². The summed E-state index contributed by atoms with van der Waals surface area (Å²) >= 11 is 0. The topological polar surface area (TPSA) is 34.2 Å². The molecule has 0 aliphatic heterocycles. The van der Waals surface area contributed by atoms with Gasteiger partial charge in [0, 0.05) is 33.7 Å². The Hall–Kier alpha value is -6.13. The first kappa shape index (κ1) is 25.4. The fourth-order valence-electron chi connectivity index (χ4n) is 6.58. The monoisotopic (exact) mass is 577 g/mol. The lowest BCUT2D eigenvalue weighted by Gasteiger charge is -2.25. The Balaban J connectivity index is 1.39. The first-order chi connectivity index (χ1) is 22.3. The fourth-order valence-corrected chi connectivity index (χ4v) is 6.58. The number of nitrogens with zero attached hydrogens (tertiary/aromatic N) is 3. The highest BCUT2D eigenvalue weighted by Crippen LogP contribution is 2.43. The molecule has 0 saturated carbocycles. The van der Waals surface area contributed by atoms with Gasteiger partial charge in [0.1, 0.15) is 5.52 Å². The number of anilines is 3. The molecule has 0 fully saturated rings. The van der Waals surface area contributed by atoms with Gasteiger partial charge in [0.15, 0.2) is 5.58 Å². The van der Waals surface area contributed by atoms with Crippen molar-refractivity contribution < 1.29 is 4.42 Å². The van der Waals surface area contributed by atoms with Gasteiger partial charge >= 0.3 is 0 Å². The van der Waals surface area contributed by atoms with Crippen LogP contribution in [0.3, 0.4) is 0 Å². The van der Waals surface area contributed by atoms with E-state index in [2.05, 4.69) is 143 Å². The summed E-state index contributed by atoms with van der Waals surface area (Å²) in [6.45, 7) is 0. The zero-order chi connectivity index (χ0) is 29.7. The molecule has 9 aromatic rings. The second-order valence-electron chi connectivity index (χ2n) is 11.2. The summed E-state index contributed by atoms with van der Waals surface area (Å²) in [5.74, 6) is 0.624. The Morgan fingerprint density at radius 3 is 1.78 bits per heavy atom. The predicted molar refractivity (Wildman–Crippen MR) is 186 cm³/mol. The van der Waals surface area contributed by atoms with Crippen LogP contribution in [0.1, 0.15) is 0 Å². The van der Waals surface area contributed by atoms with Gasteiger partial charge in [-0.2, -0.15) is 0 Å². The first-order valence-electron chi connectivity index (χ1n) is 15.1. The highest BCUT2D eigenvalue weighted by atomic mass is 16.3. The summed E-state index contributed by atoms with van der Waals surface area (Å²) in [6.07, 6.45) is 0. The molecule has 0 saturated heterocycles. The lowest BCUT2D eigenvalue weighted by molar-refractivity contribution is 0.623. The highest BCUT2D eigenvalue weighted by Gasteiger charge is 2.22. The molecule has 7 aromatic carbocycles. The Morgan fingerprint density at radius 2 is 1.09 bits per heavy atom. The van der Waals surface area contributed by atoms with Gasteiger partial charge in [-0.25, -0.2) is 4.98 Å². The third-order valence-electron chi connectivity index (χ3n) is 8.57. The molecular formula is C41H27N3O. The fraction of sp³-hybridized carbons (Fsp3) is 0. The van der Waals surface area contributed by atoms with E-state index >= 15 is 0 Å². The number of benzene rings is 7. The molecule has 0 amide bonds. The molecule has 45 heavy (non-hydrogen) atoms. The summed E-state index contributed by atoms with van der Waals surface area (Å²) in [5, 5.41) is 4.54. The van der Waals surface area contributed by atoms with Crippen molar-refractivity contribution in [3.8, 4) is 17.1 Å². The SMILES string of the molecule is c1ccc(-c2nc3ccc4c(c3o2)c2c3cc(N(c5ccccc5)c5ccccc5)ccc3ccc2n4-c2ccccc2)cc1. The van der Waals surface area contributed by atoms with Crippen LogP contribution < -0.4 is 4.90 Å². The van der Waals surface area contributed by atoms with Crippen LogP contribution in [0.25, 0.3) is 60.8 Å². The Bertz CT molecular complexity index is 2420. The number of oxazole rings is 1. The van der Waals surface area contributed by atoms with Gasteiger partial charge in [-0.05, 0) is 89.6 Å². The van der Waals surface area contributed by atoms with Crippen LogP contribution >= 0.6 is 0 Å². The molecule has 0 atom stereocenters. The lowest BCUT2D eigenvalue weighted by atomic mass is 10.0. The van der Waals surface area contributed by atoms with Crippen molar-refractivity contribution >= 4 is 60.7 Å². The number of rotatable bonds is 5. The van der Waals surface area contributed by atoms with E-state index < -0.39 is 0 Å². The van der Waals surface area contributed by atoms with E-state index in [1.807, 2.05) is 30.3 Å². The number of hydrogen-bond acceptors (Lipinski definition) is 3. The van der Waals surface area contributed by atoms with Gasteiger partial charge in [-0.1, -0.05) is 84.9 Å². The minimum Gasteiger partial charge on any atom is -0.435 e. The van der Waals surface area contributed by atoms with E-state index in [4.69, 9.17) is 9.40 Å². The second kappa shape index (κ2) is 10.2. The van der Waals surface area contributed by atoms with Gasteiger partial charge in [0.2, 0.25) is 5.89 Å². The highest BCUT2D eigenvalue weighted by molar-refractivity contribution is 6.27. The molecule has 212 valence electrons. The minimum atomic E-state index is 0.624. The van der Waals surface area contributed by atoms with Gasteiger partial charge in [0.25, 0.3) is 0 Å². The zero-order valence-electron chi connectivity index (χ0n) is 24.3. The van der Waals surface area contributed by atoms with Crippen LogP contribution in [0.2, 0.25) is 0 Å². The lowest BCUT2D eigenvalue weighted by Crippen LogP contribution is -2.09. The molecule has 9 rings (SSSR count). The molecule has 0 unspecified atom stereocenters. The molecule has 0 aliphatic rings. The molecule has 4 nitrogen and oxygen atoms in total. The summed E-state index contributed by atoms with van der Waals surface area (Å²) in [5.41, 5.74) is 9.20. The van der Waals surface area contributed by atoms with Crippen molar-refractivity contribution in [2.45, 2.75) is 0 Å². The molecule has 2 heterocycles. The minimum absolute atomic E-state index is 0.624. The van der Waals surface area contributed by atoms with Crippen LogP contribution in [-0.2, 0) is 0 Å². The molecular weight excluding hydrogens is 550 g/mol. The van der Waals surface area contributed by atoms with E-state index in [9.17, 15) is 0 Å². The van der Waals surface area contributed by atoms with Crippen LogP contribution in [0.5, 0.6) is 0 Å². The van der Waals surface area contributed by atoms with E-state index in [0.717, 1.165) is 66.6 Å². The van der Waals surface area contributed by atoms with Crippen molar-refractivity contribution in [3.63, 3.8) is 0 Å². The maximum absolute atomic E-state index is 6.66. The predicted octanol–water partition coefficient (Wildman–Crippen LogP) is 11.2. The van der Waals surface area contributed by atoms with Crippen molar-refractivity contribution in [3.05, 3.63) is 164 Å². The van der Waals surface area contributed by atoms with Crippen molar-refractivity contribution in [2.75, 3.05) is 4.90 Å². The summed E-state index contributed by atoms with van der Waals surface area (Å²) in [4.78, 5) is 7.25. The number of hydrogen-bond donors (Lipinski definition) is 0. The van der Waals surface area contributed by atoms with Crippen LogP contribution in [0.15, 0.2) is 168 Å². The molecule has 0 N–H and O–H groups in total. The van der Waals surface area contributed by atoms with E-state index in [1.54, 1.807) is 0 Å². The van der Waals surface area contributed by atoms with Gasteiger partial charge in [-0.15, -0.1) is 0 Å². The Kier molecular flexibility index (Phi) is 5.78. The first-order valence-corrected chi connectivity index (χ1v) is 15.1. The Labute approximate surface area is 260 Å². The maximum atomic E-state index is 6.66. The van der Waals surface area contributed by atoms with E-state index in [1.165, 1.54) is 5.39 Å². The standard InChI is InChI=1S/C41H27N3O/c1-5-13-29(14-6-1)41-42-35-24-26-37-39(40(35)45-41)38-34-27-33(43(30-15-7-2-8-16-30)31-17-9-3-10-18-31)23-21-28(34)22-25-36(38)44(37)32-19-11-4-12-20-32/h1-27H. The second-order valence-corrected chi connectivity index (χ2v) is 11.2. The quantitative estimate of drug-likeness (QED) is 0.204. The van der Waals surface area contributed by atoms with Gasteiger partial charge in [0.05, 0.1) is 16.4 Å².